The Kier molecular flexibility index (Phi) is 8.17. The van der Waals surface area contributed by atoms with E-state index in [0.717, 1.165) is 27.6 Å². The molecule has 0 aliphatic carbocycles. The number of fused-ring (bicyclic) bond motifs is 1. The fourth-order valence-corrected chi connectivity index (χ4v) is 3.29. The monoisotopic (exact) mass is 471 g/mol. The van der Waals surface area contributed by atoms with Gasteiger partial charge in [-0.15, -0.1) is 12.4 Å². The van der Waals surface area contributed by atoms with Gasteiger partial charge in [-0.1, -0.05) is 42.5 Å². The van der Waals surface area contributed by atoms with Crippen molar-refractivity contribution in [3.63, 3.8) is 0 Å². The van der Waals surface area contributed by atoms with Crippen LogP contribution in [0.1, 0.15) is 21.6 Å². The summed E-state index contributed by atoms with van der Waals surface area (Å²) in [6.07, 6.45) is 0. The molecule has 0 atom stereocenters. The van der Waals surface area contributed by atoms with Crippen molar-refractivity contribution in [1.82, 2.24) is 20.9 Å². The third-order valence-electron chi connectivity index (χ3n) is 4.92. The maximum atomic E-state index is 13.1. The molecule has 4 N–H and O–H groups in total. The quantitative estimate of drug-likeness (QED) is 0.320. The molecular weight excluding hydrogens is 449 g/mol. The van der Waals surface area contributed by atoms with Crippen molar-refractivity contribution in [3.8, 4) is 5.75 Å². The van der Waals surface area contributed by atoms with E-state index in [2.05, 4.69) is 25.6 Å². The van der Waals surface area contributed by atoms with Gasteiger partial charge in [0.05, 0.1) is 0 Å². The number of aromatic nitrogens is 2. The summed E-state index contributed by atoms with van der Waals surface area (Å²) in [7, 11) is 0. The summed E-state index contributed by atoms with van der Waals surface area (Å²) in [5.41, 5.74) is 7.37. The molecular formula is C23H23ClFN5O3. The van der Waals surface area contributed by atoms with Gasteiger partial charge in [0.2, 0.25) is 11.5 Å². The predicted molar refractivity (Wildman–Crippen MR) is 125 cm³/mol. The normalized spacial score (nSPS) is 10.6. The third-order valence-corrected chi connectivity index (χ3v) is 4.92. The number of rotatable bonds is 9. The molecule has 1 aromatic heterocycles. The molecule has 0 fully saturated rings. The molecule has 10 heteroatoms. The van der Waals surface area contributed by atoms with Crippen molar-refractivity contribution in [2.75, 3.05) is 18.8 Å². The van der Waals surface area contributed by atoms with E-state index in [9.17, 15) is 9.18 Å². The van der Waals surface area contributed by atoms with E-state index < -0.39 is 5.91 Å². The molecule has 0 spiro atoms. The van der Waals surface area contributed by atoms with E-state index in [1.807, 2.05) is 36.4 Å². The summed E-state index contributed by atoms with van der Waals surface area (Å²) < 4.78 is 23.6. The number of hydrogen-bond acceptors (Lipinski definition) is 7. The van der Waals surface area contributed by atoms with Crippen molar-refractivity contribution >= 4 is 34.9 Å². The number of nitrogens with zero attached hydrogens (tertiary/aromatic N) is 2. The van der Waals surface area contributed by atoms with Crippen LogP contribution in [-0.2, 0) is 13.2 Å². The molecule has 0 bridgehead atoms. The highest BCUT2D eigenvalue weighted by atomic mass is 35.5. The summed E-state index contributed by atoms with van der Waals surface area (Å²) in [4.78, 5) is 12.0. The molecule has 0 saturated heterocycles. The molecule has 0 unspecified atom stereocenters. The van der Waals surface area contributed by atoms with Crippen LogP contribution in [0.3, 0.4) is 0 Å². The first-order valence-electron chi connectivity index (χ1n) is 10.1. The molecule has 0 aliphatic heterocycles. The Morgan fingerprint density at radius 1 is 1.03 bits per heavy atom. The van der Waals surface area contributed by atoms with Gasteiger partial charge in [-0.25, -0.2) is 9.02 Å². The second-order valence-electron chi connectivity index (χ2n) is 7.11. The van der Waals surface area contributed by atoms with Gasteiger partial charge in [-0.05, 0) is 44.8 Å². The Balaban J connectivity index is 0.00000306. The highest BCUT2D eigenvalue weighted by Gasteiger charge is 2.15. The lowest BCUT2D eigenvalue weighted by Crippen LogP contribution is -2.32. The molecule has 3 aromatic carbocycles. The number of carbonyl (C=O) groups is 1. The molecule has 0 aliphatic rings. The van der Waals surface area contributed by atoms with Gasteiger partial charge in [0.15, 0.2) is 0 Å². The van der Waals surface area contributed by atoms with E-state index in [-0.39, 0.29) is 29.7 Å². The van der Waals surface area contributed by atoms with Crippen LogP contribution in [0.2, 0.25) is 0 Å². The number of halogens is 2. The Labute approximate surface area is 195 Å². The van der Waals surface area contributed by atoms with Crippen LogP contribution in [0.15, 0.2) is 65.3 Å². The van der Waals surface area contributed by atoms with E-state index in [4.69, 9.17) is 10.5 Å². The van der Waals surface area contributed by atoms with Crippen LogP contribution in [0, 0.1) is 5.82 Å². The molecule has 0 radical (unpaired) electrons. The predicted octanol–water partition coefficient (Wildman–Crippen LogP) is 3.46. The average molecular weight is 472 g/mol. The Morgan fingerprint density at radius 3 is 2.58 bits per heavy atom. The second kappa shape index (κ2) is 11.3. The topological polar surface area (TPSA) is 115 Å². The summed E-state index contributed by atoms with van der Waals surface area (Å²) in [5.74, 6) is -0.0295. The molecule has 4 rings (SSSR count). The molecule has 1 heterocycles. The average Bonchev–Trinajstić information content (AvgIpc) is 3.24. The summed E-state index contributed by atoms with van der Waals surface area (Å²) in [6.45, 7) is 1.73. The summed E-state index contributed by atoms with van der Waals surface area (Å²) >= 11 is 0. The minimum Gasteiger partial charge on any atom is -0.489 e. The number of carbonyl (C=O) groups excluding carboxylic acids is 1. The van der Waals surface area contributed by atoms with Crippen molar-refractivity contribution in [2.24, 2.45) is 0 Å². The van der Waals surface area contributed by atoms with Crippen LogP contribution in [-0.4, -0.2) is 29.3 Å². The van der Waals surface area contributed by atoms with Crippen LogP contribution in [0.25, 0.3) is 10.8 Å². The minimum absolute atomic E-state index is 0. The maximum Gasteiger partial charge on any atom is 0.277 e. The van der Waals surface area contributed by atoms with Crippen LogP contribution in [0.5, 0.6) is 5.75 Å². The first-order valence-corrected chi connectivity index (χ1v) is 10.1. The third kappa shape index (κ3) is 5.97. The Morgan fingerprint density at radius 2 is 1.82 bits per heavy atom. The molecule has 172 valence electrons. The highest BCUT2D eigenvalue weighted by molar-refractivity contribution is 5.96. The number of anilines is 1. The first kappa shape index (κ1) is 24.0. The zero-order valence-corrected chi connectivity index (χ0v) is 18.4. The number of ether oxygens (including phenoxy) is 1. The number of hydrogen-bond donors (Lipinski definition) is 3. The summed E-state index contributed by atoms with van der Waals surface area (Å²) in [6, 6.07) is 18.2. The number of nitrogens with one attached hydrogen (secondary N) is 2. The number of amides is 1. The SMILES string of the molecule is Cl.Nc1nonc1C(=O)NCCNCc1c(OCc2ccc(F)cc2)ccc2ccccc12. The highest BCUT2D eigenvalue weighted by Crippen LogP contribution is 2.28. The van der Waals surface area contributed by atoms with E-state index in [1.54, 1.807) is 12.1 Å². The van der Waals surface area contributed by atoms with Gasteiger partial charge in [0.25, 0.3) is 5.91 Å². The minimum atomic E-state index is -0.445. The summed E-state index contributed by atoms with van der Waals surface area (Å²) in [5, 5.41) is 15.1. The molecule has 4 aromatic rings. The van der Waals surface area contributed by atoms with Gasteiger partial charge in [0, 0.05) is 25.2 Å². The largest absolute Gasteiger partial charge is 0.489 e. The lowest BCUT2D eigenvalue weighted by atomic mass is 10.0. The van der Waals surface area contributed by atoms with E-state index in [1.165, 1.54) is 12.1 Å². The van der Waals surface area contributed by atoms with Gasteiger partial charge < -0.3 is 21.1 Å². The zero-order chi connectivity index (χ0) is 22.3. The van der Waals surface area contributed by atoms with Crippen molar-refractivity contribution in [1.29, 1.82) is 0 Å². The van der Waals surface area contributed by atoms with Gasteiger partial charge in [-0.3, -0.25) is 4.79 Å². The Bertz CT molecular complexity index is 1220. The van der Waals surface area contributed by atoms with Crippen LogP contribution < -0.4 is 21.1 Å². The van der Waals surface area contributed by atoms with Gasteiger partial charge in [0.1, 0.15) is 18.2 Å². The molecule has 0 saturated carbocycles. The van der Waals surface area contributed by atoms with E-state index in [0.29, 0.717) is 26.2 Å². The van der Waals surface area contributed by atoms with Crippen LogP contribution in [0.4, 0.5) is 10.2 Å². The fraction of sp³-hybridized carbons (Fsp3) is 0.174. The maximum absolute atomic E-state index is 13.1. The number of nitrogen functional groups attached to an aromatic ring is 1. The standard InChI is InChI=1S/C23H22FN5O3.ClH/c24-17-8-5-15(6-9-17)14-31-20-10-7-16-3-1-2-4-18(16)19(20)13-26-11-12-27-23(30)21-22(25)29-32-28-21;/h1-10,26H,11-14H2,(H2,25,29)(H,27,30);1H. The van der Waals surface area contributed by atoms with Crippen molar-refractivity contribution in [3.05, 3.63) is 83.3 Å². The molecule has 1 amide bonds. The number of nitrogens with two attached hydrogens (primary N) is 1. The lowest BCUT2D eigenvalue weighted by Gasteiger charge is -2.15. The number of benzene rings is 3. The molecule has 8 nitrogen and oxygen atoms in total. The van der Waals surface area contributed by atoms with Gasteiger partial charge >= 0.3 is 0 Å². The van der Waals surface area contributed by atoms with Crippen LogP contribution >= 0.6 is 12.4 Å². The first-order chi connectivity index (χ1) is 15.6. The Hall–Kier alpha value is -3.69. The second-order valence-corrected chi connectivity index (χ2v) is 7.11. The lowest BCUT2D eigenvalue weighted by molar-refractivity contribution is 0.0944. The van der Waals surface area contributed by atoms with Crippen molar-refractivity contribution < 1.29 is 18.6 Å². The molecule has 33 heavy (non-hydrogen) atoms. The zero-order valence-electron chi connectivity index (χ0n) is 17.6. The smallest absolute Gasteiger partial charge is 0.277 e. The fourth-order valence-electron chi connectivity index (χ4n) is 3.29. The van der Waals surface area contributed by atoms with Crippen molar-refractivity contribution in [2.45, 2.75) is 13.2 Å². The van der Waals surface area contributed by atoms with E-state index >= 15 is 0 Å². The van der Waals surface area contributed by atoms with Gasteiger partial charge in [-0.2, -0.15) is 0 Å².